The first-order valence-electron chi connectivity index (χ1n) is 7.87. The highest BCUT2D eigenvalue weighted by atomic mass is 35.5. The predicted octanol–water partition coefficient (Wildman–Crippen LogP) is 4.18. The first-order valence-corrected chi connectivity index (χ1v) is 9.90. The van der Waals surface area contributed by atoms with Crippen molar-refractivity contribution in [1.29, 1.82) is 0 Å². The molecule has 8 heteroatoms. The largest absolute Gasteiger partial charge is 0.479 e. The minimum atomic E-state index is -3.55. The van der Waals surface area contributed by atoms with Crippen LogP contribution in [0.25, 0.3) is 11.1 Å². The van der Waals surface area contributed by atoms with Crippen molar-refractivity contribution in [3.8, 4) is 16.9 Å². The highest BCUT2D eigenvalue weighted by Gasteiger charge is 2.20. The van der Waals surface area contributed by atoms with Gasteiger partial charge in [0, 0.05) is 16.1 Å². The highest BCUT2D eigenvalue weighted by Crippen LogP contribution is 2.36. The van der Waals surface area contributed by atoms with Gasteiger partial charge < -0.3 is 9.84 Å². The van der Waals surface area contributed by atoms with Gasteiger partial charge in [-0.05, 0) is 49.7 Å². The van der Waals surface area contributed by atoms with Crippen LogP contribution in [0.15, 0.2) is 41.3 Å². The molecule has 2 aromatic rings. The van der Waals surface area contributed by atoms with E-state index < -0.39 is 27.7 Å². The number of rotatable bonds is 7. The Morgan fingerprint density at radius 1 is 1.23 bits per heavy atom. The fraction of sp³-hybridized carbons (Fsp3) is 0.278. The Morgan fingerprint density at radius 3 is 2.54 bits per heavy atom. The summed E-state index contributed by atoms with van der Waals surface area (Å²) in [6.07, 6.45) is -0.749. The molecule has 26 heavy (non-hydrogen) atoms. The molecule has 2 rings (SSSR count). The van der Waals surface area contributed by atoms with Gasteiger partial charge >= 0.3 is 5.97 Å². The van der Waals surface area contributed by atoms with E-state index in [0.717, 1.165) is 6.07 Å². The van der Waals surface area contributed by atoms with Crippen LogP contribution in [0.3, 0.4) is 0 Å². The predicted molar refractivity (Wildman–Crippen MR) is 96.9 cm³/mol. The lowest BCUT2D eigenvalue weighted by Gasteiger charge is -2.16. The van der Waals surface area contributed by atoms with Crippen molar-refractivity contribution in [3.05, 3.63) is 47.2 Å². The van der Waals surface area contributed by atoms with E-state index in [9.17, 15) is 17.6 Å². The lowest BCUT2D eigenvalue weighted by Crippen LogP contribution is -2.23. The van der Waals surface area contributed by atoms with Crippen molar-refractivity contribution in [2.75, 3.05) is 5.75 Å². The van der Waals surface area contributed by atoms with Gasteiger partial charge in [0.05, 0.1) is 10.6 Å². The minimum absolute atomic E-state index is 0.0204. The van der Waals surface area contributed by atoms with Gasteiger partial charge in [-0.1, -0.05) is 18.5 Å². The molecule has 0 radical (unpaired) electrons. The Kier molecular flexibility index (Phi) is 6.26. The maximum atomic E-state index is 14.4. The molecule has 0 amide bonds. The molecule has 0 aliphatic carbocycles. The third-order valence-corrected chi connectivity index (χ3v) is 5.81. The van der Waals surface area contributed by atoms with Gasteiger partial charge in [0.25, 0.3) is 0 Å². The first kappa shape index (κ1) is 20.2. The van der Waals surface area contributed by atoms with E-state index in [1.54, 1.807) is 6.92 Å². The topological polar surface area (TPSA) is 80.7 Å². The second-order valence-electron chi connectivity index (χ2n) is 5.70. The lowest BCUT2D eigenvalue weighted by atomic mass is 10.0. The molecule has 140 valence electrons. The third kappa shape index (κ3) is 4.53. The van der Waals surface area contributed by atoms with E-state index in [4.69, 9.17) is 21.4 Å². The van der Waals surface area contributed by atoms with Crippen LogP contribution in [0.5, 0.6) is 5.75 Å². The molecule has 1 N–H and O–H groups in total. The smallest absolute Gasteiger partial charge is 0.344 e. The number of ether oxygens (including phenoxy) is 1. The maximum Gasteiger partial charge on any atom is 0.344 e. The van der Waals surface area contributed by atoms with Gasteiger partial charge in [-0.2, -0.15) is 0 Å². The zero-order chi connectivity index (χ0) is 19.5. The second-order valence-corrected chi connectivity index (χ2v) is 8.24. The van der Waals surface area contributed by atoms with Crippen molar-refractivity contribution in [1.82, 2.24) is 0 Å². The summed E-state index contributed by atoms with van der Waals surface area (Å²) in [5.41, 5.74) is 0.147. The summed E-state index contributed by atoms with van der Waals surface area (Å²) < 4.78 is 44.4. The zero-order valence-corrected chi connectivity index (χ0v) is 15.8. The summed E-state index contributed by atoms with van der Waals surface area (Å²) in [5, 5.41) is 9.29. The average molecular weight is 401 g/mol. The average Bonchev–Trinajstić information content (AvgIpc) is 2.56. The number of sulfone groups is 1. The highest BCUT2D eigenvalue weighted by molar-refractivity contribution is 7.91. The van der Waals surface area contributed by atoms with E-state index in [2.05, 4.69) is 0 Å². The molecule has 0 saturated carbocycles. The van der Waals surface area contributed by atoms with Crippen molar-refractivity contribution < 1.29 is 27.4 Å². The molecule has 1 atom stereocenters. The Balaban J connectivity index is 2.60. The van der Waals surface area contributed by atoms with Crippen LogP contribution in [0.2, 0.25) is 5.02 Å². The van der Waals surface area contributed by atoms with Crippen LogP contribution in [0.1, 0.15) is 20.3 Å². The molecule has 5 nitrogen and oxygen atoms in total. The molecule has 0 aliphatic heterocycles. The number of carboxylic acids is 1. The Labute approximate surface area is 156 Å². The lowest BCUT2D eigenvalue weighted by molar-refractivity contribution is -0.144. The normalized spacial score (nSPS) is 12.6. The number of halogens is 2. The molecular weight excluding hydrogens is 383 g/mol. The van der Waals surface area contributed by atoms with Crippen LogP contribution in [0, 0.1) is 5.82 Å². The van der Waals surface area contributed by atoms with Crippen molar-refractivity contribution in [2.45, 2.75) is 31.3 Å². The van der Waals surface area contributed by atoms with E-state index in [1.807, 2.05) is 0 Å². The molecule has 1 unspecified atom stereocenters. The summed E-state index contributed by atoms with van der Waals surface area (Å²) in [6, 6.07) is 7.77. The summed E-state index contributed by atoms with van der Waals surface area (Å²) in [6.45, 7) is 3.07. The maximum absolute atomic E-state index is 14.4. The number of carboxylic acid groups (broad SMARTS) is 1. The third-order valence-electron chi connectivity index (χ3n) is 3.65. The number of hydrogen-bond donors (Lipinski definition) is 1. The van der Waals surface area contributed by atoms with Crippen LogP contribution in [-0.4, -0.2) is 31.4 Å². The second kappa shape index (κ2) is 8.05. The number of carbonyl (C=O) groups is 1. The quantitative estimate of drug-likeness (QED) is 0.705. The van der Waals surface area contributed by atoms with Gasteiger partial charge in [-0.25, -0.2) is 17.6 Å². The summed E-state index contributed by atoms with van der Waals surface area (Å²) in [7, 11) is -3.55. The number of hydrogen-bond acceptors (Lipinski definition) is 4. The fourth-order valence-electron chi connectivity index (χ4n) is 2.35. The van der Waals surface area contributed by atoms with E-state index >= 15 is 0 Å². The fourth-order valence-corrected chi connectivity index (χ4v) is 3.87. The SMILES string of the molecule is CCCS(=O)(=O)c1ccc(F)c(-c2cc(Cl)ccc2OC(C)C(=O)O)c1. The molecule has 0 heterocycles. The van der Waals surface area contributed by atoms with Crippen LogP contribution >= 0.6 is 11.6 Å². The van der Waals surface area contributed by atoms with E-state index in [0.29, 0.717) is 6.42 Å². The first-order chi connectivity index (χ1) is 12.2. The molecule has 0 bridgehead atoms. The van der Waals surface area contributed by atoms with Gasteiger partial charge in [0.2, 0.25) is 0 Å². The van der Waals surface area contributed by atoms with Gasteiger partial charge in [0.1, 0.15) is 11.6 Å². The molecule has 0 saturated heterocycles. The number of benzene rings is 2. The van der Waals surface area contributed by atoms with E-state index in [1.165, 1.54) is 37.3 Å². The molecule has 0 aliphatic rings. The van der Waals surface area contributed by atoms with Crippen molar-refractivity contribution in [2.24, 2.45) is 0 Å². The van der Waals surface area contributed by atoms with Crippen LogP contribution in [-0.2, 0) is 14.6 Å². The van der Waals surface area contributed by atoms with Crippen molar-refractivity contribution >= 4 is 27.4 Å². The molecule has 2 aromatic carbocycles. The Hall–Kier alpha value is -2.12. The molecular formula is C18H18ClFO5S. The summed E-state index contributed by atoms with van der Waals surface area (Å²) >= 11 is 5.99. The Morgan fingerprint density at radius 2 is 1.92 bits per heavy atom. The zero-order valence-electron chi connectivity index (χ0n) is 14.2. The van der Waals surface area contributed by atoms with Gasteiger partial charge in [-0.15, -0.1) is 0 Å². The number of aliphatic carboxylic acids is 1. The molecule has 0 fully saturated rings. The van der Waals surface area contributed by atoms with Crippen molar-refractivity contribution in [3.63, 3.8) is 0 Å². The van der Waals surface area contributed by atoms with E-state index in [-0.39, 0.29) is 32.5 Å². The molecule has 0 spiro atoms. The van der Waals surface area contributed by atoms with Crippen LogP contribution in [0.4, 0.5) is 4.39 Å². The van der Waals surface area contributed by atoms with Crippen LogP contribution < -0.4 is 4.74 Å². The molecule has 0 aromatic heterocycles. The van der Waals surface area contributed by atoms with Gasteiger partial charge in [0.15, 0.2) is 15.9 Å². The summed E-state index contributed by atoms with van der Waals surface area (Å²) in [4.78, 5) is 11.0. The monoisotopic (exact) mass is 400 g/mol. The minimum Gasteiger partial charge on any atom is -0.479 e. The standard InChI is InChI=1S/C18H18ClFO5S/c1-3-8-26(23,24)13-5-6-16(20)14(10-13)15-9-12(19)4-7-17(15)25-11(2)18(21)22/h4-7,9-11H,3,8H2,1-2H3,(H,21,22). The summed E-state index contributed by atoms with van der Waals surface area (Å²) in [5.74, 6) is -1.83. The Bertz CT molecular complexity index is 927. The van der Waals surface area contributed by atoms with Gasteiger partial charge in [-0.3, -0.25) is 0 Å².